The van der Waals surface area contributed by atoms with Crippen molar-refractivity contribution in [3.63, 3.8) is 0 Å². The Hall–Kier alpha value is -4.18. The number of unbranched alkanes of at least 4 members (excludes halogenated alkanes) is 3. The molecule has 0 bridgehead atoms. The predicted molar refractivity (Wildman–Crippen MR) is 266 cm³/mol. The predicted octanol–water partition coefficient (Wildman–Crippen LogP) is 15.9. The molecule has 3 aliphatic carbocycles. The first kappa shape index (κ1) is 42.1. The van der Waals surface area contributed by atoms with E-state index in [2.05, 4.69) is 178 Å². The summed E-state index contributed by atoms with van der Waals surface area (Å²) in [6.45, 7) is 27.1. The van der Waals surface area contributed by atoms with Crippen molar-refractivity contribution in [1.29, 1.82) is 0 Å². The van der Waals surface area contributed by atoms with Crippen molar-refractivity contribution < 1.29 is 4.74 Å². The number of ether oxygens (including phenoxy) is 1. The Labute approximate surface area is 368 Å². The second kappa shape index (κ2) is 15.3. The second-order valence-electron chi connectivity index (χ2n) is 22.5. The summed E-state index contributed by atoms with van der Waals surface area (Å²) in [5, 5.41) is 2.72. The molecule has 61 heavy (non-hydrogen) atoms. The van der Waals surface area contributed by atoms with Gasteiger partial charge in [0.1, 0.15) is 0 Å². The van der Waals surface area contributed by atoms with Crippen LogP contribution in [0, 0.1) is 0 Å². The fourth-order valence-electron chi connectivity index (χ4n) is 12.0. The zero-order valence-corrected chi connectivity index (χ0v) is 40.5. The fourth-order valence-corrected chi connectivity index (χ4v) is 17.9. The minimum Gasteiger partial charge on any atom is -0.376 e. The van der Waals surface area contributed by atoms with E-state index in [0.717, 1.165) is 13.0 Å². The molecular weight excluding hydrogens is 755 g/mol. The molecule has 1 heterocycles. The van der Waals surface area contributed by atoms with Gasteiger partial charge in [0.15, 0.2) is 0 Å². The number of hydrogen-bond donors (Lipinski definition) is 0. The SMILES string of the molecule is CC1=Cc2c(cc3c(c2-c2ccc4c(c2)c2ccccc2n4C)CCC3)C1[Si](C)(CCCCCCOC(C)(C)C)C1c2cc(C(C)(C)C)ccc2-c2ccc(C(C)(C)C)cc21. The molecule has 2 unspecified atom stereocenters. The van der Waals surface area contributed by atoms with E-state index in [1.54, 1.807) is 33.4 Å². The average molecular weight is 826 g/mol. The van der Waals surface area contributed by atoms with Gasteiger partial charge in [0.25, 0.3) is 0 Å². The highest BCUT2D eigenvalue weighted by Gasteiger charge is 2.52. The summed E-state index contributed by atoms with van der Waals surface area (Å²) in [5.74, 6) is 0. The number of aromatic nitrogens is 1. The molecule has 0 amide bonds. The monoisotopic (exact) mass is 826 g/mol. The minimum atomic E-state index is -2.30. The van der Waals surface area contributed by atoms with Crippen molar-refractivity contribution in [2.24, 2.45) is 7.05 Å². The van der Waals surface area contributed by atoms with E-state index in [4.69, 9.17) is 4.74 Å². The van der Waals surface area contributed by atoms with Crippen LogP contribution in [0.15, 0.2) is 90.5 Å². The Bertz CT molecular complexity index is 2640. The Morgan fingerprint density at radius 3 is 1.95 bits per heavy atom. The first-order chi connectivity index (χ1) is 28.8. The van der Waals surface area contributed by atoms with E-state index in [0.29, 0.717) is 11.1 Å². The molecule has 9 rings (SSSR count). The molecule has 0 radical (unpaired) electrons. The molecule has 3 aliphatic rings. The lowest BCUT2D eigenvalue weighted by Gasteiger charge is -2.42. The highest BCUT2D eigenvalue weighted by molar-refractivity contribution is 6.83. The van der Waals surface area contributed by atoms with Gasteiger partial charge in [0, 0.05) is 46.5 Å². The van der Waals surface area contributed by atoms with Gasteiger partial charge in [0.05, 0.1) is 13.7 Å². The Morgan fingerprint density at radius 1 is 0.656 bits per heavy atom. The van der Waals surface area contributed by atoms with Crippen LogP contribution >= 0.6 is 0 Å². The Morgan fingerprint density at radius 2 is 1.30 bits per heavy atom. The fraction of sp³-hybridized carbons (Fsp3) is 0.448. The van der Waals surface area contributed by atoms with Crippen molar-refractivity contribution in [2.45, 2.75) is 154 Å². The van der Waals surface area contributed by atoms with Crippen molar-refractivity contribution in [3.8, 4) is 22.3 Å². The summed E-state index contributed by atoms with van der Waals surface area (Å²) in [6, 6.07) is 35.5. The summed E-state index contributed by atoms with van der Waals surface area (Å²) < 4.78 is 8.55. The van der Waals surface area contributed by atoms with E-state index in [1.165, 1.54) is 105 Å². The number of hydrogen-bond acceptors (Lipinski definition) is 1. The van der Waals surface area contributed by atoms with Crippen LogP contribution in [-0.2, 0) is 35.5 Å². The number of para-hydroxylation sites is 1. The quantitative estimate of drug-likeness (QED) is 0.0991. The molecular formula is C58H71NOSi. The van der Waals surface area contributed by atoms with Crippen LogP contribution in [0.4, 0.5) is 0 Å². The van der Waals surface area contributed by atoms with Gasteiger partial charge in [-0.2, -0.15) is 0 Å². The van der Waals surface area contributed by atoms with Gasteiger partial charge in [-0.1, -0.05) is 152 Å². The highest BCUT2D eigenvalue weighted by atomic mass is 28.3. The largest absolute Gasteiger partial charge is 0.376 e. The van der Waals surface area contributed by atoms with Crippen LogP contribution in [0.2, 0.25) is 12.6 Å². The summed E-state index contributed by atoms with van der Waals surface area (Å²) in [5.41, 5.74) is 23.5. The van der Waals surface area contributed by atoms with Gasteiger partial charge in [-0.3, -0.25) is 0 Å². The van der Waals surface area contributed by atoms with Crippen LogP contribution in [-0.4, -0.2) is 24.8 Å². The molecule has 318 valence electrons. The topological polar surface area (TPSA) is 14.2 Å². The zero-order valence-electron chi connectivity index (χ0n) is 39.5. The van der Waals surface area contributed by atoms with Crippen molar-refractivity contribution in [1.82, 2.24) is 4.57 Å². The van der Waals surface area contributed by atoms with Gasteiger partial charge in [-0.05, 0) is 149 Å². The van der Waals surface area contributed by atoms with Crippen molar-refractivity contribution in [3.05, 3.63) is 135 Å². The number of fused-ring (bicyclic) bond motifs is 8. The van der Waals surface area contributed by atoms with Crippen LogP contribution in [0.5, 0.6) is 0 Å². The molecule has 0 saturated carbocycles. The molecule has 0 spiro atoms. The molecule has 0 aliphatic heterocycles. The third-order valence-corrected chi connectivity index (χ3v) is 20.5. The maximum absolute atomic E-state index is 6.18. The molecule has 3 heteroatoms. The summed E-state index contributed by atoms with van der Waals surface area (Å²) >= 11 is 0. The molecule has 0 saturated heterocycles. The molecule has 0 fully saturated rings. The summed E-state index contributed by atoms with van der Waals surface area (Å²) in [7, 11) is -0.0780. The smallest absolute Gasteiger partial charge is 0.0756 e. The van der Waals surface area contributed by atoms with Crippen molar-refractivity contribution >= 4 is 36.0 Å². The summed E-state index contributed by atoms with van der Waals surface area (Å²) in [4.78, 5) is 0. The van der Waals surface area contributed by atoms with E-state index in [-0.39, 0.29) is 16.4 Å². The standard InChI is InChI=1S/C58H71NOSi/c1-37-32-47-48(33-38-20-19-22-42(38)53(47)39-24-29-52-46(34-39)45-21-15-16-23-51(45)59(52)11)54(37)61(12,31-18-14-13-17-30-60-58(8,9)10)55-49-35-40(56(2,3)4)25-27-43(49)44-28-26-41(36-50(44)55)57(5,6)7/h15-16,21,23-29,32-36,54-55H,13-14,17-20,22,30-31H2,1-12H3. The van der Waals surface area contributed by atoms with Crippen LogP contribution in [0.3, 0.4) is 0 Å². The number of benzene rings is 5. The lowest BCUT2D eigenvalue weighted by Crippen LogP contribution is -2.45. The van der Waals surface area contributed by atoms with E-state index < -0.39 is 8.07 Å². The number of aryl methyl sites for hydroxylation is 2. The maximum Gasteiger partial charge on any atom is 0.0756 e. The number of allylic oxidation sites excluding steroid dienone is 1. The van der Waals surface area contributed by atoms with Crippen LogP contribution in [0.25, 0.3) is 50.1 Å². The minimum absolute atomic E-state index is 0.0774. The first-order valence-corrected chi connectivity index (χ1v) is 26.5. The molecule has 5 aromatic carbocycles. The van der Waals surface area contributed by atoms with E-state index >= 15 is 0 Å². The second-order valence-corrected chi connectivity index (χ2v) is 27.2. The van der Waals surface area contributed by atoms with Crippen LogP contribution < -0.4 is 0 Å². The van der Waals surface area contributed by atoms with E-state index in [9.17, 15) is 0 Å². The molecule has 2 atom stereocenters. The highest BCUT2D eigenvalue weighted by Crippen LogP contribution is 2.59. The number of rotatable bonds is 10. The van der Waals surface area contributed by atoms with Gasteiger partial charge in [-0.25, -0.2) is 0 Å². The van der Waals surface area contributed by atoms with Gasteiger partial charge < -0.3 is 9.30 Å². The van der Waals surface area contributed by atoms with Gasteiger partial charge >= 0.3 is 0 Å². The maximum atomic E-state index is 6.18. The summed E-state index contributed by atoms with van der Waals surface area (Å²) in [6.07, 6.45) is 11.2. The molecule has 2 nitrogen and oxygen atoms in total. The Kier molecular flexibility index (Phi) is 10.5. The average Bonchev–Trinajstić information content (AvgIpc) is 3.96. The van der Waals surface area contributed by atoms with Gasteiger partial charge in [0.2, 0.25) is 0 Å². The molecule has 1 aromatic heterocycles. The number of nitrogens with zero attached hydrogens (tertiary/aromatic N) is 1. The lowest BCUT2D eigenvalue weighted by atomic mass is 9.85. The zero-order chi connectivity index (χ0) is 43.2. The molecule has 0 N–H and O–H groups in total. The third-order valence-electron chi connectivity index (χ3n) is 15.0. The first-order valence-electron chi connectivity index (χ1n) is 23.6. The normalized spacial score (nSPS) is 17.4. The Balaban J connectivity index is 1.22. The lowest BCUT2D eigenvalue weighted by molar-refractivity contribution is -0.00471. The van der Waals surface area contributed by atoms with Gasteiger partial charge in [-0.15, -0.1) is 0 Å². The molecule has 6 aromatic rings. The van der Waals surface area contributed by atoms with E-state index in [1.807, 2.05) is 0 Å². The third kappa shape index (κ3) is 7.40. The van der Waals surface area contributed by atoms with Crippen LogP contribution in [0.1, 0.15) is 157 Å². The van der Waals surface area contributed by atoms with Crippen molar-refractivity contribution in [2.75, 3.05) is 6.61 Å².